The lowest BCUT2D eigenvalue weighted by Gasteiger charge is -2.20. The zero-order valence-corrected chi connectivity index (χ0v) is 17.1. The quantitative estimate of drug-likeness (QED) is 0.588. The summed E-state index contributed by atoms with van der Waals surface area (Å²) in [6.07, 6.45) is 0.681. The maximum atomic E-state index is 12.9. The van der Waals surface area contributed by atoms with Crippen LogP contribution in [0.15, 0.2) is 23.1 Å². The van der Waals surface area contributed by atoms with Gasteiger partial charge in [0.2, 0.25) is 15.9 Å². The van der Waals surface area contributed by atoms with E-state index in [1.807, 2.05) is 26.8 Å². The maximum Gasteiger partial charge on any atom is 0.246 e. The molecule has 0 spiro atoms. The van der Waals surface area contributed by atoms with Crippen molar-refractivity contribution >= 4 is 15.9 Å². The zero-order valence-electron chi connectivity index (χ0n) is 16.2. The van der Waals surface area contributed by atoms with Crippen molar-refractivity contribution in [2.45, 2.75) is 38.0 Å². The molecule has 0 aliphatic rings. The van der Waals surface area contributed by atoms with Crippen molar-refractivity contribution < 1.29 is 22.7 Å². The van der Waals surface area contributed by atoms with Crippen molar-refractivity contribution in [3.63, 3.8) is 0 Å². The van der Waals surface area contributed by atoms with Crippen molar-refractivity contribution in [1.29, 1.82) is 0 Å². The van der Waals surface area contributed by atoms with Gasteiger partial charge in [0.05, 0.1) is 13.7 Å². The standard InChI is InChI=1S/C18H30N2O5S/c1-6-25-11-7-10-19-18(21)13-20(4)26(22,23)17-12-15(14(2)3)8-9-16(17)24-5/h8-9,12,14H,6-7,10-11,13H2,1-5H3,(H,19,21). The smallest absolute Gasteiger partial charge is 0.246 e. The van der Waals surface area contributed by atoms with Gasteiger partial charge in [-0.3, -0.25) is 4.79 Å². The van der Waals surface area contributed by atoms with E-state index in [2.05, 4.69) is 5.32 Å². The van der Waals surface area contributed by atoms with Gasteiger partial charge in [-0.2, -0.15) is 4.31 Å². The van der Waals surface area contributed by atoms with Gasteiger partial charge in [0.15, 0.2) is 0 Å². The third-order valence-electron chi connectivity index (χ3n) is 3.90. The van der Waals surface area contributed by atoms with E-state index >= 15 is 0 Å². The Bertz CT molecular complexity index is 689. The number of methoxy groups -OCH3 is 1. The summed E-state index contributed by atoms with van der Waals surface area (Å²) in [4.78, 5) is 12.1. The van der Waals surface area contributed by atoms with E-state index in [9.17, 15) is 13.2 Å². The molecule has 0 aliphatic heterocycles. The van der Waals surface area contributed by atoms with Crippen LogP contribution in [0, 0.1) is 0 Å². The number of hydrogen-bond donors (Lipinski definition) is 1. The number of likely N-dealkylation sites (N-methyl/N-ethyl adjacent to an activating group) is 1. The van der Waals surface area contributed by atoms with Gasteiger partial charge in [-0.1, -0.05) is 19.9 Å². The number of hydrogen-bond acceptors (Lipinski definition) is 5. The summed E-state index contributed by atoms with van der Waals surface area (Å²) in [5.41, 5.74) is 0.887. The molecule has 0 aromatic heterocycles. The normalized spacial score (nSPS) is 11.8. The number of sulfonamides is 1. The van der Waals surface area contributed by atoms with E-state index < -0.39 is 10.0 Å². The average molecular weight is 387 g/mol. The summed E-state index contributed by atoms with van der Waals surface area (Å²) in [7, 11) is -1.04. The molecule has 0 fully saturated rings. The molecule has 0 heterocycles. The first-order valence-corrected chi connectivity index (χ1v) is 10.2. The molecule has 0 atom stereocenters. The second kappa shape index (κ2) is 10.5. The molecule has 0 bridgehead atoms. The van der Waals surface area contributed by atoms with E-state index in [-0.39, 0.29) is 29.0 Å². The van der Waals surface area contributed by atoms with Crippen LogP contribution in [-0.2, 0) is 19.6 Å². The molecule has 1 rings (SSSR count). The first-order chi connectivity index (χ1) is 12.2. The van der Waals surface area contributed by atoms with Crippen LogP contribution in [0.5, 0.6) is 5.75 Å². The summed E-state index contributed by atoms with van der Waals surface area (Å²) in [5, 5.41) is 2.70. The highest BCUT2D eigenvalue weighted by molar-refractivity contribution is 7.89. The number of carbonyl (C=O) groups excluding carboxylic acids is 1. The molecule has 1 aromatic carbocycles. The number of benzene rings is 1. The van der Waals surface area contributed by atoms with Crippen molar-refractivity contribution in [3.05, 3.63) is 23.8 Å². The molecule has 26 heavy (non-hydrogen) atoms. The van der Waals surface area contributed by atoms with E-state index in [0.717, 1.165) is 9.87 Å². The van der Waals surface area contributed by atoms with Crippen LogP contribution >= 0.6 is 0 Å². The fourth-order valence-electron chi connectivity index (χ4n) is 2.31. The van der Waals surface area contributed by atoms with Crippen LogP contribution in [0.3, 0.4) is 0 Å². The molecule has 1 aromatic rings. The van der Waals surface area contributed by atoms with Gasteiger partial charge < -0.3 is 14.8 Å². The zero-order chi connectivity index (χ0) is 19.7. The van der Waals surface area contributed by atoms with Crippen molar-refractivity contribution in [2.75, 3.05) is 40.5 Å². The van der Waals surface area contributed by atoms with Crippen molar-refractivity contribution in [3.8, 4) is 5.75 Å². The Hall–Kier alpha value is -1.64. The summed E-state index contributed by atoms with van der Waals surface area (Å²) >= 11 is 0. The van der Waals surface area contributed by atoms with Crippen LogP contribution in [0.1, 0.15) is 38.7 Å². The number of carbonyl (C=O) groups is 1. The molecule has 7 nitrogen and oxygen atoms in total. The molecule has 0 saturated heterocycles. The van der Waals surface area contributed by atoms with Gasteiger partial charge in [-0.25, -0.2) is 8.42 Å². The molecule has 8 heteroatoms. The Morgan fingerprint density at radius 2 is 2.00 bits per heavy atom. The predicted octanol–water partition coefficient (Wildman–Crippen LogP) is 1.98. The van der Waals surface area contributed by atoms with Crippen LogP contribution < -0.4 is 10.1 Å². The lowest BCUT2D eigenvalue weighted by molar-refractivity contribution is -0.121. The van der Waals surface area contributed by atoms with Gasteiger partial charge in [-0.15, -0.1) is 0 Å². The molecule has 0 aliphatic carbocycles. The molecule has 0 radical (unpaired) electrons. The molecular formula is C18H30N2O5S. The minimum atomic E-state index is -3.85. The topological polar surface area (TPSA) is 84.9 Å². The molecular weight excluding hydrogens is 356 g/mol. The number of nitrogens with one attached hydrogen (secondary N) is 1. The van der Waals surface area contributed by atoms with Gasteiger partial charge in [0.25, 0.3) is 0 Å². The Balaban J connectivity index is 2.83. The van der Waals surface area contributed by atoms with E-state index in [4.69, 9.17) is 9.47 Å². The summed E-state index contributed by atoms with van der Waals surface area (Å²) in [5.74, 6) is 0.0822. The minimum absolute atomic E-state index is 0.0674. The summed E-state index contributed by atoms with van der Waals surface area (Å²) in [6, 6.07) is 5.09. The lowest BCUT2D eigenvalue weighted by Crippen LogP contribution is -2.39. The highest BCUT2D eigenvalue weighted by Gasteiger charge is 2.27. The van der Waals surface area contributed by atoms with E-state index in [0.29, 0.717) is 26.2 Å². The third kappa shape index (κ3) is 6.26. The fourth-order valence-corrected chi connectivity index (χ4v) is 3.62. The van der Waals surface area contributed by atoms with E-state index in [1.165, 1.54) is 14.2 Å². The maximum absolute atomic E-state index is 12.9. The van der Waals surface area contributed by atoms with Crippen LogP contribution in [0.25, 0.3) is 0 Å². The second-order valence-electron chi connectivity index (χ2n) is 6.23. The summed E-state index contributed by atoms with van der Waals surface area (Å²) < 4.78 is 37.2. The average Bonchev–Trinajstić information content (AvgIpc) is 2.60. The first kappa shape index (κ1) is 22.4. The second-order valence-corrected chi connectivity index (χ2v) is 8.24. The van der Waals surface area contributed by atoms with Crippen LogP contribution in [-0.4, -0.2) is 59.1 Å². The van der Waals surface area contributed by atoms with Gasteiger partial charge in [-0.05, 0) is 37.0 Å². The fraction of sp³-hybridized carbons (Fsp3) is 0.611. The molecule has 0 unspecified atom stereocenters. The number of amides is 1. The highest BCUT2D eigenvalue weighted by atomic mass is 32.2. The SMILES string of the molecule is CCOCCCNC(=O)CN(C)S(=O)(=O)c1cc(C(C)C)ccc1OC. The molecule has 1 N–H and O–H groups in total. The predicted molar refractivity (Wildman–Crippen MR) is 101 cm³/mol. The Morgan fingerprint density at radius 1 is 1.31 bits per heavy atom. The number of rotatable bonds is 11. The summed E-state index contributed by atoms with van der Waals surface area (Å²) in [6.45, 7) is 7.25. The molecule has 0 saturated carbocycles. The first-order valence-electron chi connectivity index (χ1n) is 8.72. The highest BCUT2D eigenvalue weighted by Crippen LogP contribution is 2.29. The Morgan fingerprint density at radius 3 is 2.58 bits per heavy atom. The van der Waals surface area contributed by atoms with Gasteiger partial charge in [0, 0.05) is 26.8 Å². The van der Waals surface area contributed by atoms with Crippen LogP contribution in [0.2, 0.25) is 0 Å². The minimum Gasteiger partial charge on any atom is -0.495 e. The number of nitrogens with zero attached hydrogens (tertiary/aromatic N) is 1. The molecule has 148 valence electrons. The largest absolute Gasteiger partial charge is 0.495 e. The van der Waals surface area contributed by atoms with Crippen molar-refractivity contribution in [2.24, 2.45) is 0 Å². The Labute approximate surface area is 156 Å². The van der Waals surface area contributed by atoms with Crippen LogP contribution in [0.4, 0.5) is 0 Å². The van der Waals surface area contributed by atoms with Crippen molar-refractivity contribution in [1.82, 2.24) is 9.62 Å². The monoisotopic (exact) mass is 386 g/mol. The van der Waals surface area contributed by atoms with E-state index in [1.54, 1.807) is 12.1 Å². The Kier molecular flexibility index (Phi) is 9.04. The molecule has 1 amide bonds. The lowest BCUT2D eigenvalue weighted by atomic mass is 10.0. The van der Waals surface area contributed by atoms with Gasteiger partial charge >= 0.3 is 0 Å². The number of ether oxygens (including phenoxy) is 2. The van der Waals surface area contributed by atoms with Gasteiger partial charge in [0.1, 0.15) is 10.6 Å². The third-order valence-corrected chi connectivity index (χ3v) is 5.73.